The molecular weight excluding hydrogens is 252 g/mol. The molecule has 0 bridgehead atoms. The number of nitrogens with zero attached hydrogens (tertiary/aromatic N) is 3. The van der Waals surface area contributed by atoms with Crippen LogP contribution in [0.3, 0.4) is 0 Å². The molecule has 8 nitrogen and oxygen atoms in total. The van der Waals surface area contributed by atoms with E-state index in [-0.39, 0.29) is 11.2 Å². The quantitative estimate of drug-likeness (QED) is 0.464. The van der Waals surface area contributed by atoms with Crippen molar-refractivity contribution in [1.29, 1.82) is 0 Å². The van der Waals surface area contributed by atoms with E-state index < -0.39 is 4.92 Å². The van der Waals surface area contributed by atoms with Gasteiger partial charge in [-0.05, 0) is 29.7 Å². The molecule has 0 unspecified atom stereocenters. The molecule has 1 aromatic carbocycles. The van der Waals surface area contributed by atoms with Gasteiger partial charge in [0.2, 0.25) is 5.52 Å². The summed E-state index contributed by atoms with van der Waals surface area (Å²) in [6.07, 6.45) is 0.831. The predicted molar refractivity (Wildman–Crippen MR) is 68.1 cm³/mol. The molecule has 1 N–H and O–H groups in total. The van der Waals surface area contributed by atoms with Crippen molar-refractivity contribution in [2.45, 2.75) is 13.3 Å². The van der Waals surface area contributed by atoms with Crippen LogP contribution < -0.4 is 5.32 Å². The topological polar surface area (TPSA) is 103 Å². The van der Waals surface area contributed by atoms with E-state index in [2.05, 4.69) is 20.3 Å². The van der Waals surface area contributed by atoms with Crippen LogP contribution in [0.15, 0.2) is 16.8 Å². The molecule has 0 aliphatic carbocycles. The Labute approximate surface area is 108 Å². The lowest BCUT2D eigenvalue weighted by Crippen LogP contribution is -2.06. The second-order valence-electron chi connectivity index (χ2n) is 3.83. The van der Waals surface area contributed by atoms with Crippen molar-refractivity contribution in [2.75, 3.05) is 25.1 Å². The van der Waals surface area contributed by atoms with E-state index in [0.29, 0.717) is 31.0 Å². The van der Waals surface area contributed by atoms with Gasteiger partial charge in [0, 0.05) is 25.8 Å². The van der Waals surface area contributed by atoms with E-state index in [0.717, 1.165) is 6.42 Å². The van der Waals surface area contributed by atoms with Crippen LogP contribution in [0.4, 0.5) is 11.4 Å². The van der Waals surface area contributed by atoms with Gasteiger partial charge in [0.1, 0.15) is 0 Å². The van der Waals surface area contributed by atoms with Crippen molar-refractivity contribution in [2.24, 2.45) is 0 Å². The number of rotatable bonds is 7. The van der Waals surface area contributed by atoms with Gasteiger partial charge in [-0.25, -0.2) is 4.63 Å². The normalized spacial score (nSPS) is 10.8. The van der Waals surface area contributed by atoms with Crippen molar-refractivity contribution in [1.82, 2.24) is 10.3 Å². The number of aromatic nitrogens is 2. The van der Waals surface area contributed by atoms with Crippen LogP contribution in [0.5, 0.6) is 0 Å². The third-order valence-corrected chi connectivity index (χ3v) is 2.58. The number of anilines is 1. The van der Waals surface area contributed by atoms with Gasteiger partial charge in [-0.2, -0.15) is 0 Å². The standard InChI is InChI=1S/C11H14N4O4/c1-2-18-7-3-6-12-8-4-5-9(15(16)17)11-10(8)13-19-14-11/h4-5,12H,2-3,6-7H2,1H3. The summed E-state index contributed by atoms with van der Waals surface area (Å²) in [6, 6.07) is 2.99. The monoisotopic (exact) mass is 266 g/mol. The van der Waals surface area contributed by atoms with E-state index >= 15 is 0 Å². The second-order valence-corrected chi connectivity index (χ2v) is 3.83. The lowest BCUT2D eigenvalue weighted by Gasteiger charge is -2.06. The highest BCUT2D eigenvalue weighted by Gasteiger charge is 2.19. The zero-order valence-corrected chi connectivity index (χ0v) is 10.5. The average molecular weight is 266 g/mol. The molecular formula is C11H14N4O4. The molecule has 0 fully saturated rings. The van der Waals surface area contributed by atoms with Gasteiger partial charge in [-0.1, -0.05) is 0 Å². The van der Waals surface area contributed by atoms with Crippen LogP contribution in [0, 0.1) is 10.1 Å². The molecule has 1 aromatic heterocycles. The molecule has 8 heteroatoms. The zero-order valence-electron chi connectivity index (χ0n) is 10.5. The van der Waals surface area contributed by atoms with Crippen molar-refractivity contribution < 1.29 is 14.3 Å². The Morgan fingerprint density at radius 1 is 1.42 bits per heavy atom. The first kappa shape index (κ1) is 13.2. The number of non-ortho nitro benzene ring substituents is 1. The first-order valence-corrected chi connectivity index (χ1v) is 5.95. The van der Waals surface area contributed by atoms with Crippen molar-refractivity contribution in [3.8, 4) is 0 Å². The molecule has 0 atom stereocenters. The second kappa shape index (κ2) is 6.10. The van der Waals surface area contributed by atoms with Crippen molar-refractivity contribution >= 4 is 22.4 Å². The molecule has 1 heterocycles. The first-order chi connectivity index (χ1) is 9.24. The first-order valence-electron chi connectivity index (χ1n) is 5.95. The summed E-state index contributed by atoms with van der Waals surface area (Å²) >= 11 is 0. The minimum Gasteiger partial charge on any atom is -0.383 e. The summed E-state index contributed by atoms with van der Waals surface area (Å²) in [5.74, 6) is 0. The van der Waals surface area contributed by atoms with Gasteiger partial charge in [0.15, 0.2) is 5.52 Å². The maximum absolute atomic E-state index is 10.8. The average Bonchev–Trinajstić information content (AvgIpc) is 2.87. The molecule has 2 rings (SSSR count). The number of ether oxygens (including phenoxy) is 1. The summed E-state index contributed by atoms with van der Waals surface area (Å²) < 4.78 is 9.79. The van der Waals surface area contributed by atoms with E-state index in [9.17, 15) is 10.1 Å². The molecule has 0 saturated carbocycles. The number of hydrogen-bond acceptors (Lipinski definition) is 7. The van der Waals surface area contributed by atoms with Gasteiger partial charge in [-0.3, -0.25) is 10.1 Å². The summed E-state index contributed by atoms with van der Waals surface area (Å²) in [7, 11) is 0. The molecule has 0 amide bonds. The van der Waals surface area contributed by atoms with E-state index in [1.165, 1.54) is 6.07 Å². The Hall–Kier alpha value is -2.22. The molecule has 0 saturated heterocycles. The Morgan fingerprint density at radius 2 is 2.21 bits per heavy atom. The molecule has 19 heavy (non-hydrogen) atoms. The summed E-state index contributed by atoms with van der Waals surface area (Å²) in [6.45, 7) is 3.97. The van der Waals surface area contributed by atoms with Gasteiger partial charge in [0.05, 0.1) is 10.6 Å². The van der Waals surface area contributed by atoms with Crippen LogP contribution in [0.25, 0.3) is 11.0 Å². The summed E-state index contributed by atoms with van der Waals surface area (Å²) in [4.78, 5) is 10.3. The summed E-state index contributed by atoms with van der Waals surface area (Å²) in [5.41, 5.74) is 1.07. The molecule has 0 radical (unpaired) electrons. The van der Waals surface area contributed by atoms with Crippen LogP contribution in [-0.2, 0) is 4.74 Å². The fourth-order valence-electron chi connectivity index (χ4n) is 1.69. The maximum atomic E-state index is 10.8. The Kier molecular flexibility index (Phi) is 4.24. The number of nitro groups is 1. The molecule has 0 spiro atoms. The largest absolute Gasteiger partial charge is 0.383 e. The fraction of sp³-hybridized carbons (Fsp3) is 0.455. The van der Waals surface area contributed by atoms with Gasteiger partial charge in [-0.15, -0.1) is 0 Å². The Balaban J connectivity index is 2.10. The fourth-order valence-corrected chi connectivity index (χ4v) is 1.69. The molecule has 0 aliphatic heterocycles. The predicted octanol–water partition coefficient (Wildman–Crippen LogP) is 1.97. The lowest BCUT2D eigenvalue weighted by atomic mass is 10.2. The smallest absolute Gasteiger partial charge is 0.300 e. The zero-order chi connectivity index (χ0) is 13.7. The van der Waals surface area contributed by atoms with Crippen LogP contribution >= 0.6 is 0 Å². The van der Waals surface area contributed by atoms with E-state index in [1.54, 1.807) is 6.07 Å². The third kappa shape index (κ3) is 2.97. The van der Waals surface area contributed by atoms with Gasteiger partial charge < -0.3 is 10.1 Å². The SMILES string of the molecule is CCOCCCNc1ccc([N+](=O)[O-])c2nonc12. The van der Waals surface area contributed by atoms with E-state index in [1.807, 2.05) is 6.92 Å². The molecule has 0 aliphatic rings. The van der Waals surface area contributed by atoms with Gasteiger partial charge >= 0.3 is 5.69 Å². The van der Waals surface area contributed by atoms with Gasteiger partial charge in [0.25, 0.3) is 0 Å². The van der Waals surface area contributed by atoms with E-state index in [4.69, 9.17) is 4.74 Å². The third-order valence-electron chi connectivity index (χ3n) is 2.58. The van der Waals surface area contributed by atoms with Crippen LogP contribution in [-0.4, -0.2) is 35.0 Å². The minimum atomic E-state index is -0.509. The minimum absolute atomic E-state index is 0.115. The highest BCUT2D eigenvalue weighted by Crippen LogP contribution is 2.28. The van der Waals surface area contributed by atoms with Crippen LogP contribution in [0.1, 0.15) is 13.3 Å². The number of benzene rings is 1. The number of nitro benzene ring substituents is 1. The van der Waals surface area contributed by atoms with Crippen LogP contribution in [0.2, 0.25) is 0 Å². The molecule has 102 valence electrons. The maximum Gasteiger partial charge on any atom is 0.300 e. The lowest BCUT2D eigenvalue weighted by molar-refractivity contribution is -0.383. The number of nitrogens with one attached hydrogen (secondary N) is 1. The molecule has 2 aromatic rings. The highest BCUT2D eigenvalue weighted by molar-refractivity contribution is 5.93. The van der Waals surface area contributed by atoms with Crippen molar-refractivity contribution in [3.05, 3.63) is 22.2 Å². The van der Waals surface area contributed by atoms with Crippen molar-refractivity contribution in [3.63, 3.8) is 0 Å². The highest BCUT2D eigenvalue weighted by atomic mass is 16.6. The Morgan fingerprint density at radius 3 is 2.95 bits per heavy atom. The Bertz CT molecular complexity index is 569. The summed E-state index contributed by atoms with van der Waals surface area (Å²) in [5, 5.41) is 21.2. The number of hydrogen-bond donors (Lipinski definition) is 1. The number of fused-ring (bicyclic) bond motifs is 1.